The molecule has 1 fully saturated rings. The quantitative estimate of drug-likeness (QED) is 0.144. The highest BCUT2D eigenvalue weighted by Crippen LogP contribution is 2.56. The van der Waals surface area contributed by atoms with Crippen molar-refractivity contribution in [3.8, 4) is 0 Å². The van der Waals surface area contributed by atoms with Crippen LogP contribution in [0.1, 0.15) is 61.0 Å². The number of fused-ring (bicyclic) bond motifs is 3. The Morgan fingerprint density at radius 3 is 2.37 bits per heavy atom. The van der Waals surface area contributed by atoms with Crippen LogP contribution < -0.4 is 14.4 Å². The highest BCUT2D eigenvalue weighted by Gasteiger charge is 2.57. The van der Waals surface area contributed by atoms with Gasteiger partial charge in [0.1, 0.15) is 31.2 Å². The van der Waals surface area contributed by atoms with Crippen LogP contribution in [-0.4, -0.2) is 36.8 Å². The molecule has 0 bridgehead atoms. The average Bonchev–Trinajstić information content (AvgIpc) is 3.58. The fraction of sp³-hybridized carbons (Fsp3) is 0.414. The van der Waals surface area contributed by atoms with Gasteiger partial charge < -0.3 is 26.9 Å². The molecule has 3 aromatic rings. The van der Waals surface area contributed by atoms with E-state index in [9.17, 15) is 26.9 Å². The third-order valence-corrected chi connectivity index (χ3v) is 7.46. The van der Waals surface area contributed by atoms with E-state index in [4.69, 9.17) is 4.74 Å². The second-order valence-corrected chi connectivity index (χ2v) is 10.3. The minimum atomic E-state index is -6.00. The third-order valence-electron chi connectivity index (χ3n) is 7.46. The minimum Gasteiger partial charge on any atom is -0.458 e. The Labute approximate surface area is 237 Å². The molecule has 1 atom stereocenters. The van der Waals surface area contributed by atoms with Crippen LogP contribution in [0.4, 0.5) is 28.6 Å². The van der Waals surface area contributed by atoms with Gasteiger partial charge in [-0.15, -0.1) is 0 Å². The summed E-state index contributed by atoms with van der Waals surface area (Å²) in [5.74, 6) is -0.272. The van der Waals surface area contributed by atoms with Gasteiger partial charge >= 0.3 is 13.2 Å². The molecule has 0 aliphatic carbocycles. The van der Waals surface area contributed by atoms with Gasteiger partial charge in [-0.25, -0.2) is 13.9 Å². The molecular weight excluding hydrogens is 539 g/mol. The first-order valence-corrected chi connectivity index (χ1v) is 13.9. The number of anilines is 2. The van der Waals surface area contributed by atoms with Gasteiger partial charge in [0.15, 0.2) is 0 Å². The van der Waals surface area contributed by atoms with Gasteiger partial charge in [0, 0.05) is 19.4 Å². The van der Waals surface area contributed by atoms with Crippen LogP contribution in [0.2, 0.25) is 0 Å². The molecule has 220 valence electrons. The standard InChI is InChI=1S/C29H35N4O3.BF4/c1-4-6-15-32-25-12-9-23(28(35)36-19-18-31-17-16-30(3)21-31)20-26(25)33-27(34)13-14-29(32,33)24-10-7-22(5-2)8-11-24;2-1(3,4)5/h7-12,16-17,20-21H,4-6,13-15,18-19H2,1-3H3;/q+1;-1. The van der Waals surface area contributed by atoms with Crippen molar-refractivity contribution in [3.05, 3.63) is 77.9 Å². The van der Waals surface area contributed by atoms with Crippen molar-refractivity contribution < 1.29 is 36.2 Å². The lowest BCUT2D eigenvalue weighted by Crippen LogP contribution is -2.52. The summed E-state index contributed by atoms with van der Waals surface area (Å²) in [6.45, 7) is 6.05. The van der Waals surface area contributed by atoms with Crippen molar-refractivity contribution in [2.45, 2.75) is 58.2 Å². The van der Waals surface area contributed by atoms with Crippen molar-refractivity contribution in [2.24, 2.45) is 7.05 Å². The van der Waals surface area contributed by atoms with Crippen LogP contribution in [-0.2, 0) is 35.2 Å². The molecule has 0 spiro atoms. The average molecular weight is 574 g/mol. The van der Waals surface area contributed by atoms with Crippen LogP contribution in [0.3, 0.4) is 0 Å². The van der Waals surface area contributed by atoms with E-state index >= 15 is 0 Å². The minimum absolute atomic E-state index is 0.0980. The van der Waals surface area contributed by atoms with Gasteiger partial charge in [-0.2, -0.15) is 0 Å². The van der Waals surface area contributed by atoms with Gasteiger partial charge in [-0.05, 0) is 42.2 Å². The molecule has 12 heteroatoms. The number of hydrogen-bond acceptors (Lipinski definition) is 4. The number of hydrogen-bond donors (Lipinski definition) is 0. The molecule has 1 unspecified atom stereocenters. The van der Waals surface area contributed by atoms with Crippen molar-refractivity contribution >= 4 is 30.5 Å². The van der Waals surface area contributed by atoms with E-state index in [1.807, 2.05) is 58.0 Å². The Hall–Kier alpha value is -3.83. The van der Waals surface area contributed by atoms with E-state index in [1.54, 1.807) is 0 Å². The lowest BCUT2D eigenvalue weighted by Gasteiger charge is -2.41. The second-order valence-electron chi connectivity index (χ2n) is 10.3. The molecule has 1 aromatic heterocycles. The van der Waals surface area contributed by atoms with E-state index in [0.29, 0.717) is 18.5 Å². The summed E-state index contributed by atoms with van der Waals surface area (Å²) in [6.07, 6.45) is 10.1. The molecular formula is C29H35BF4N4O3. The molecule has 2 aliphatic rings. The third kappa shape index (κ3) is 6.57. The van der Waals surface area contributed by atoms with Gasteiger partial charge in [-0.1, -0.05) is 44.5 Å². The summed E-state index contributed by atoms with van der Waals surface area (Å²) in [4.78, 5) is 30.6. The maximum absolute atomic E-state index is 13.3. The number of halogens is 4. The SMILES string of the molecule is CCCCN1c2ccc(C(=O)OCCn3cc[n+](C)c3)cc2N2C(=O)CCC12c1ccc(CC)cc1.F[B-](F)(F)F. The fourth-order valence-electron chi connectivity index (χ4n) is 5.58. The Balaban J connectivity index is 0.000000714. The summed E-state index contributed by atoms with van der Waals surface area (Å²) >= 11 is 0. The number of nitrogens with zero attached hydrogens (tertiary/aromatic N) is 4. The van der Waals surface area contributed by atoms with E-state index in [0.717, 1.165) is 49.2 Å². The smallest absolute Gasteiger partial charge is 0.458 e. The lowest BCUT2D eigenvalue weighted by atomic mass is 9.93. The lowest BCUT2D eigenvalue weighted by molar-refractivity contribution is -0.671. The maximum atomic E-state index is 13.3. The highest BCUT2D eigenvalue weighted by atomic mass is 19.5. The first-order valence-electron chi connectivity index (χ1n) is 13.9. The maximum Gasteiger partial charge on any atom is 0.673 e. The number of unbranched alkanes of at least 4 members (excludes halogenated alkanes) is 1. The Kier molecular flexibility index (Phi) is 9.09. The number of rotatable bonds is 9. The van der Waals surface area contributed by atoms with Crippen molar-refractivity contribution in [2.75, 3.05) is 23.0 Å². The zero-order chi connectivity index (χ0) is 29.8. The number of aryl methyl sites for hydroxylation is 2. The summed E-state index contributed by atoms with van der Waals surface area (Å²) in [5, 5.41) is 0. The normalized spacial score (nSPS) is 17.7. The van der Waals surface area contributed by atoms with Gasteiger partial charge in [0.25, 0.3) is 0 Å². The van der Waals surface area contributed by atoms with Gasteiger partial charge in [0.2, 0.25) is 12.2 Å². The Morgan fingerprint density at radius 2 is 1.76 bits per heavy atom. The molecule has 7 nitrogen and oxygen atoms in total. The van der Waals surface area contributed by atoms with Crippen LogP contribution in [0.5, 0.6) is 0 Å². The first-order chi connectivity index (χ1) is 19.5. The predicted octanol–water partition coefficient (Wildman–Crippen LogP) is 5.63. The number of amides is 1. The fourth-order valence-corrected chi connectivity index (χ4v) is 5.58. The van der Waals surface area contributed by atoms with Gasteiger partial charge in [0.05, 0.1) is 24.0 Å². The molecule has 3 heterocycles. The molecule has 5 rings (SSSR count). The van der Waals surface area contributed by atoms with Crippen LogP contribution in [0.25, 0.3) is 0 Å². The molecule has 0 N–H and O–H groups in total. The zero-order valence-electron chi connectivity index (χ0n) is 23.5. The molecule has 41 heavy (non-hydrogen) atoms. The van der Waals surface area contributed by atoms with Crippen LogP contribution in [0.15, 0.2) is 61.2 Å². The van der Waals surface area contributed by atoms with Crippen molar-refractivity contribution in [1.29, 1.82) is 0 Å². The van der Waals surface area contributed by atoms with E-state index in [2.05, 4.69) is 43.0 Å². The number of ether oxygens (including phenoxy) is 1. The van der Waals surface area contributed by atoms with Crippen LogP contribution in [0, 0.1) is 0 Å². The summed E-state index contributed by atoms with van der Waals surface area (Å²) < 4.78 is 48.5. The second kappa shape index (κ2) is 12.4. The van der Waals surface area contributed by atoms with E-state index in [1.165, 1.54) is 5.56 Å². The molecule has 2 aliphatic heterocycles. The van der Waals surface area contributed by atoms with Crippen molar-refractivity contribution in [1.82, 2.24) is 4.57 Å². The van der Waals surface area contributed by atoms with Gasteiger partial charge in [-0.3, -0.25) is 9.69 Å². The molecule has 1 saturated heterocycles. The Bertz CT molecular complexity index is 1370. The summed E-state index contributed by atoms with van der Waals surface area (Å²) in [7, 11) is -4.05. The van der Waals surface area contributed by atoms with E-state index < -0.39 is 12.9 Å². The molecule has 2 aromatic carbocycles. The monoisotopic (exact) mass is 574 g/mol. The topological polar surface area (TPSA) is 58.7 Å². The number of carbonyl (C=O) groups excluding carboxylic acids is 2. The largest absolute Gasteiger partial charge is 0.673 e. The van der Waals surface area contributed by atoms with E-state index in [-0.39, 0.29) is 18.5 Å². The van der Waals surface area contributed by atoms with Crippen molar-refractivity contribution in [3.63, 3.8) is 0 Å². The Morgan fingerprint density at radius 1 is 1.05 bits per heavy atom. The number of benzene rings is 2. The zero-order valence-corrected chi connectivity index (χ0v) is 23.5. The highest BCUT2D eigenvalue weighted by molar-refractivity contribution is 6.50. The summed E-state index contributed by atoms with van der Waals surface area (Å²) in [6, 6.07) is 14.3. The number of aromatic nitrogens is 2. The summed E-state index contributed by atoms with van der Waals surface area (Å²) in [5.41, 5.74) is 4.14. The first kappa shape index (κ1) is 30.1. The molecule has 0 radical (unpaired) electrons. The van der Waals surface area contributed by atoms with Crippen LogP contribution >= 0.6 is 0 Å². The molecule has 0 saturated carbocycles. The number of carbonyl (C=O) groups is 2. The number of imidazole rings is 1. The molecule has 1 amide bonds. The number of esters is 1. The predicted molar refractivity (Wildman–Crippen MR) is 149 cm³/mol.